The van der Waals surface area contributed by atoms with Gasteiger partial charge in [-0.25, -0.2) is 13.2 Å². The van der Waals surface area contributed by atoms with Crippen LogP contribution in [0.2, 0.25) is 0 Å². The van der Waals surface area contributed by atoms with Crippen LogP contribution in [0.1, 0.15) is 23.7 Å². The number of hydrogen-bond acceptors (Lipinski definition) is 2. The van der Waals surface area contributed by atoms with Gasteiger partial charge in [0, 0.05) is 11.6 Å². The first kappa shape index (κ1) is 14.9. The first-order valence-corrected chi connectivity index (χ1v) is 6.79. The fraction of sp³-hybridized carbons (Fsp3) is 0.417. The summed E-state index contributed by atoms with van der Waals surface area (Å²) in [7, 11) is 0. The third-order valence-electron chi connectivity index (χ3n) is 2.38. The van der Waals surface area contributed by atoms with Crippen LogP contribution < -0.4 is 5.32 Å². The number of rotatable bonds is 5. The second kappa shape index (κ2) is 6.68. The molecule has 0 aliphatic heterocycles. The van der Waals surface area contributed by atoms with Crippen LogP contribution >= 0.6 is 11.8 Å². The number of amides is 1. The summed E-state index contributed by atoms with van der Waals surface area (Å²) in [4.78, 5) is 11.7. The summed E-state index contributed by atoms with van der Waals surface area (Å²) in [5.74, 6) is -4.04. The average molecular weight is 277 g/mol. The molecule has 0 aliphatic carbocycles. The van der Waals surface area contributed by atoms with Gasteiger partial charge in [-0.3, -0.25) is 4.79 Å². The molecule has 18 heavy (non-hydrogen) atoms. The highest BCUT2D eigenvalue weighted by Crippen LogP contribution is 2.13. The summed E-state index contributed by atoms with van der Waals surface area (Å²) in [6.07, 6.45) is 2.69. The molecule has 0 radical (unpaired) electrons. The van der Waals surface area contributed by atoms with Crippen molar-refractivity contribution in [1.29, 1.82) is 0 Å². The summed E-state index contributed by atoms with van der Waals surface area (Å²) in [6.45, 7) is 1.80. The van der Waals surface area contributed by atoms with Crippen molar-refractivity contribution in [3.05, 3.63) is 35.1 Å². The van der Waals surface area contributed by atoms with Crippen molar-refractivity contribution in [3.8, 4) is 0 Å². The first-order chi connectivity index (χ1) is 8.45. The number of hydrogen-bond donors (Lipinski definition) is 1. The van der Waals surface area contributed by atoms with Crippen molar-refractivity contribution >= 4 is 17.7 Å². The molecule has 0 saturated carbocycles. The molecule has 0 spiro atoms. The monoisotopic (exact) mass is 277 g/mol. The third kappa shape index (κ3) is 3.94. The third-order valence-corrected chi connectivity index (χ3v) is 3.02. The second-order valence-corrected chi connectivity index (χ2v) is 4.90. The highest BCUT2D eigenvalue weighted by molar-refractivity contribution is 7.98. The van der Waals surface area contributed by atoms with Crippen LogP contribution in [0.15, 0.2) is 12.1 Å². The van der Waals surface area contributed by atoms with Crippen LogP contribution in [-0.4, -0.2) is 24.0 Å². The number of carbonyl (C=O) groups excluding carboxylic acids is 1. The van der Waals surface area contributed by atoms with Gasteiger partial charge >= 0.3 is 0 Å². The van der Waals surface area contributed by atoms with Crippen molar-refractivity contribution in [2.75, 3.05) is 12.0 Å². The molecule has 0 fully saturated rings. The van der Waals surface area contributed by atoms with E-state index in [1.54, 1.807) is 18.7 Å². The molecule has 0 bridgehead atoms. The molecule has 0 aliphatic rings. The zero-order valence-corrected chi connectivity index (χ0v) is 10.9. The van der Waals surface area contributed by atoms with Gasteiger partial charge in [-0.2, -0.15) is 11.8 Å². The Bertz CT molecular complexity index is 416. The van der Waals surface area contributed by atoms with Gasteiger partial charge in [-0.15, -0.1) is 0 Å². The fourth-order valence-corrected chi connectivity index (χ4v) is 1.95. The van der Waals surface area contributed by atoms with Gasteiger partial charge in [-0.05, 0) is 37.5 Å². The zero-order chi connectivity index (χ0) is 13.7. The minimum absolute atomic E-state index is 0.110. The molecule has 1 N–H and O–H groups in total. The van der Waals surface area contributed by atoms with Gasteiger partial charge in [0.1, 0.15) is 0 Å². The Hall–Kier alpha value is -1.17. The molecule has 1 unspecified atom stereocenters. The van der Waals surface area contributed by atoms with Crippen molar-refractivity contribution in [2.24, 2.45) is 0 Å². The molecule has 6 heteroatoms. The summed E-state index contributed by atoms with van der Waals surface area (Å²) in [5, 5.41) is 2.60. The summed E-state index contributed by atoms with van der Waals surface area (Å²) in [6, 6.07) is 1.27. The molecule has 100 valence electrons. The molecule has 1 atom stereocenters. The van der Waals surface area contributed by atoms with E-state index in [4.69, 9.17) is 0 Å². The predicted octanol–water partition coefficient (Wildman–Crippen LogP) is 2.98. The standard InChI is InChI=1S/C12H14F3NOS/c1-7(3-4-18-2)16-12(17)8-5-9(13)11(15)10(14)6-8/h5-7H,3-4H2,1-2H3,(H,16,17). The maximum absolute atomic E-state index is 12.9. The number of halogens is 3. The van der Waals surface area contributed by atoms with Crippen LogP contribution in [-0.2, 0) is 0 Å². The Kier molecular flexibility index (Phi) is 5.53. The van der Waals surface area contributed by atoms with E-state index >= 15 is 0 Å². The molecule has 1 amide bonds. The molecule has 0 heterocycles. The summed E-state index contributed by atoms with van der Waals surface area (Å²) in [5.41, 5.74) is -0.220. The highest BCUT2D eigenvalue weighted by Gasteiger charge is 2.16. The van der Waals surface area contributed by atoms with Crippen LogP contribution in [0.5, 0.6) is 0 Å². The lowest BCUT2D eigenvalue weighted by Gasteiger charge is -2.13. The predicted molar refractivity (Wildman–Crippen MR) is 66.2 cm³/mol. The summed E-state index contributed by atoms with van der Waals surface area (Å²) < 4.78 is 38.6. The van der Waals surface area contributed by atoms with E-state index in [1.807, 2.05) is 6.26 Å². The van der Waals surface area contributed by atoms with E-state index in [0.717, 1.165) is 12.2 Å². The Morgan fingerprint density at radius 2 is 1.89 bits per heavy atom. The van der Waals surface area contributed by atoms with Gasteiger partial charge in [0.2, 0.25) is 0 Å². The average Bonchev–Trinajstić information content (AvgIpc) is 2.32. The Morgan fingerprint density at radius 1 is 1.33 bits per heavy atom. The van der Waals surface area contributed by atoms with E-state index in [-0.39, 0.29) is 11.6 Å². The molecule has 1 aromatic rings. The molecule has 0 aromatic heterocycles. The number of carbonyl (C=O) groups is 1. The summed E-state index contributed by atoms with van der Waals surface area (Å²) >= 11 is 1.64. The lowest BCUT2D eigenvalue weighted by atomic mass is 10.1. The smallest absolute Gasteiger partial charge is 0.251 e. The van der Waals surface area contributed by atoms with Gasteiger partial charge in [0.25, 0.3) is 5.91 Å². The Labute approximate surface area is 108 Å². The van der Waals surface area contributed by atoms with Crippen LogP contribution in [0.4, 0.5) is 13.2 Å². The van der Waals surface area contributed by atoms with Crippen molar-refractivity contribution in [3.63, 3.8) is 0 Å². The Morgan fingerprint density at radius 3 is 2.39 bits per heavy atom. The zero-order valence-electron chi connectivity index (χ0n) is 10.1. The SMILES string of the molecule is CSCCC(C)NC(=O)c1cc(F)c(F)c(F)c1. The van der Waals surface area contributed by atoms with Crippen molar-refractivity contribution in [1.82, 2.24) is 5.32 Å². The van der Waals surface area contributed by atoms with Gasteiger partial charge in [0.15, 0.2) is 17.5 Å². The van der Waals surface area contributed by atoms with E-state index in [0.29, 0.717) is 12.1 Å². The maximum atomic E-state index is 12.9. The number of benzene rings is 1. The van der Waals surface area contributed by atoms with Crippen LogP contribution in [0, 0.1) is 17.5 Å². The number of nitrogens with one attached hydrogen (secondary N) is 1. The quantitative estimate of drug-likeness (QED) is 0.838. The van der Waals surface area contributed by atoms with E-state index in [2.05, 4.69) is 5.32 Å². The first-order valence-electron chi connectivity index (χ1n) is 5.40. The van der Waals surface area contributed by atoms with E-state index < -0.39 is 23.4 Å². The van der Waals surface area contributed by atoms with Crippen LogP contribution in [0.25, 0.3) is 0 Å². The van der Waals surface area contributed by atoms with Crippen LogP contribution in [0.3, 0.4) is 0 Å². The maximum Gasteiger partial charge on any atom is 0.251 e. The highest BCUT2D eigenvalue weighted by atomic mass is 32.2. The molecule has 0 saturated heterocycles. The van der Waals surface area contributed by atoms with Gasteiger partial charge in [-0.1, -0.05) is 0 Å². The molecule has 1 aromatic carbocycles. The van der Waals surface area contributed by atoms with Crippen molar-refractivity contribution in [2.45, 2.75) is 19.4 Å². The van der Waals surface area contributed by atoms with Crippen molar-refractivity contribution < 1.29 is 18.0 Å². The molecular weight excluding hydrogens is 263 g/mol. The van der Waals surface area contributed by atoms with E-state index in [9.17, 15) is 18.0 Å². The normalized spacial score (nSPS) is 12.3. The second-order valence-electron chi connectivity index (χ2n) is 3.91. The minimum atomic E-state index is -1.57. The molecule has 2 nitrogen and oxygen atoms in total. The van der Waals surface area contributed by atoms with Gasteiger partial charge in [0.05, 0.1) is 0 Å². The lowest BCUT2D eigenvalue weighted by Crippen LogP contribution is -2.33. The lowest BCUT2D eigenvalue weighted by molar-refractivity contribution is 0.0938. The van der Waals surface area contributed by atoms with E-state index in [1.165, 1.54) is 0 Å². The minimum Gasteiger partial charge on any atom is -0.350 e. The topological polar surface area (TPSA) is 29.1 Å². The Balaban J connectivity index is 2.73. The van der Waals surface area contributed by atoms with Gasteiger partial charge < -0.3 is 5.32 Å². The molecular formula is C12H14F3NOS. The number of thioether (sulfide) groups is 1. The largest absolute Gasteiger partial charge is 0.350 e. The molecule has 1 rings (SSSR count). The fourth-order valence-electron chi connectivity index (χ4n) is 1.36.